The van der Waals surface area contributed by atoms with Gasteiger partial charge in [0.1, 0.15) is 5.75 Å². The highest BCUT2D eigenvalue weighted by molar-refractivity contribution is 6.28. The summed E-state index contributed by atoms with van der Waals surface area (Å²) < 4.78 is 16.0. The van der Waals surface area contributed by atoms with Crippen molar-refractivity contribution in [1.82, 2.24) is 9.97 Å². The Kier molecular flexibility index (Phi) is 2.45. The zero-order valence-corrected chi connectivity index (χ0v) is 9.35. The molecule has 6 heteroatoms. The average Bonchev–Trinajstić information content (AvgIpc) is 2.76. The van der Waals surface area contributed by atoms with Crippen molar-refractivity contribution >= 4 is 11.6 Å². The quantitative estimate of drug-likeness (QED) is 0.767. The molecular weight excluding hydrogens is 244 g/mol. The summed E-state index contributed by atoms with van der Waals surface area (Å²) in [5.41, 5.74) is 0. The normalized spacial score (nSPS) is 12.5. The first-order valence-electron chi connectivity index (χ1n) is 4.87. The van der Waals surface area contributed by atoms with Gasteiger partial charge in [0.15, 0.2) is 11.5 Å². The van der Waals surface area contributed by atoms with Gasteiger partial charge in [0, 0.05) is 18.3 Å². The molecule has 86 valence electrons. The molecule has 0 unspecified atom stereocenters. The van der Waals surface area contributed by atoms with Gasteiger partial charge in [-0.2, -0.15) is 4.98 Å². The standard InChI is InChI=1S/C11H7ClN2O3/c12-11-13-4-3-10(14-11)17-7-1-2-8-9(5-7)16-6-15-8/h1-5H,6H2. The molecule has 3 rings (SSSR count). The fourth-order valence-corrected chi connectivity index (χ4v) is 1.58. The molecule has 0 fully saturated rings. The van der Waals surface area contributed by atoms with Gasteiger partial charge in [-0.25, -0.2) is 4.98 Å². The van der Waals surface area contributed by atoms with E-state index in [2.05, 4.69) is 9.97 Å². The fraction of sp³-hybridized carbons (Fsp3) is 0.0909. The van der Waals surface area contributed by atoms with E-state index in [9.17, 15) is 0 Å². The zero-order chi connectivity index (χ0) is 11.7. The van der Waals surface area contributed by atoms with E-state index in [0.29, 0.717) is 23.1 Å². The summed E-state index contributed by atoms with van der Waals surface area (Å²) in [7, 11) is 0. The summed E-state index contributed by atoms with van der Waals surface area (Å²) in [6, 6.07) is 6.90. The number of rotatable bonds is 2. The Bertz CT molecular complexity index is 562. The van der Waals surface area contributed by atoms with Crippen LogP contribution in [-0.2, 0) is 0 Å². The number of hydrogen-bond donors (Lipinski definition) is 0. The maximum absolute atomic E-state index is 5.66. The van der Waals surface area contributed by atoms with Crippen LogP contribution in [0, 0.1) is 0 Å². The predicted molar refractivity (Wildman–Crippen MR) is 59.7 cm³/mol. The summed E-state index contributed by atoms with van der Waals surface area (Å²) in [5.74, 6) is 2.34. The lowest BCUT2D eigenvalue weighted by atomic mass is 10.3. The van der Waals surface area contributed by atoms with Crippen molar-refractivity contribution in [1.29, 1.82) is 0 Å². The topological polar surface area (TPSA) is 53.5 Å². The Hall–Kier alpha value is -2.01. The Morgan fingerprint density at radius 3 is 2.94 bits per heavy atom. The van der Waals surface area contributed by atoms with Crippen molar-refractivity contribution in [3.63, 3.8) is 0 Å². The minimum atomic E-state index is 0.142. The monoisotopic (exact) mass is 250 g/mol. The van der Waals surface area contributed by atoms with Gasteiger partial charge in [0.05, 0.1) is 0 Å². The second-order valence-electron chi connectivity index (χ2n) is 3.28. The molecule has 2 heterocycles. The van der Waals surface area contributed by atoms with Gasteiger partial charge in [0.2, 0.25) is 18.0 Å². The van der Waals surface area contributed by atoms with Gasteiger partial charge in [-0.05, 0) is 23.7 Å². The van der Waals surface area contributed by atoms with Gasteiger partial charge in [-0.15, -0.1) is 0 Å². The van der Waals surface area contributed by atoms with E-state index in [0.717, 1.165) is 0 Å². The van der Waals surface area contributed by atoms with Crippen molar-refractivity contribution in [2.75, 3.05) is 6.79 Å². The van der Waals surface area contributed by atoms with Crippen LogP contribution < -0.4 is 14.2 Å². The number of fused-ring (bicyclic) bond motifs is 1. The third-order valence-electron chi connectivity index (χ3n) is 2.17. The van der Waals surface area contributed by atoms with Crippen LogP contribution in [0.3, 0.4) is 0 Å². The molecule has 0 spiro atoms. The van der Waals surface area contributed by atoms with Crippen LogP contribution in [0.5, 0.6) is 23.1 Å². The second-order valence-corrected chi connectivity index (χ2v) is 3.62. The average molecular weight is 251 g/mol. The van der Waals surface area contributed by atoms with E-state index in [-0.39, 0.29) is 12.1 Å². The van der Waals surface area contributed by atoms with E-state index in [4.69, 9.17) is 25.8 Å². The number of hydrogen-bond acceptors (Lipinski definition) is 5. The lowest BCUT2D eigenvalue weighted by Gasteiger charge is -2.05. The van der Waals surface area contributed by atoms with Crippen molar-refractivity contribution in [2.24, 2.45) is 0 Å². The third-order valence-corrected chi connectivity index (χ3v) is 2.35. The highest BCUT2D eigenvalue weighted by atomic mass is 35.5. The lowest BCUT2D eigenvalue weighted by molar-refractivity contribution is 0.174. The third kappa shape index (κ3) is 2.09. The summed E-state index contributed by atoms with van der Waals surface area (Å²) in [5, 5.41) is 0.142. The van der Waals surface area contributed by atoms with Crippen LogP contribution in [-0.4, -0.2) is 16.8 Å². The Balaban J connectivity index is 1.86. The smallest absolute Gasteiger partial charge is 0.231 e. The van der Waals surface area contributed by atoms with Crippen LogP contribution in [0.25, 0.3) is 0 Å². The Morgan fingerprint density at radius 2 is 2.06 bits per heavy atom. The van der Waals surface area contributed by atoms with Gasteiger partial charge in [-0.1, -0.05) is 0 Å². The first-order chi connectivity index (χ1) is 8.31. The van der Waals surface area contributed by atoms with Crippen molar-refractivity contribution in [2.45, 2.75) is 0 Å². The van der Waals surface area contributed by atoms with E-state index in [1.54, 1.807) is 24.3 Å². The first-order valence-corrected chi connectivity index (χ1v) is 5.25. The lowest BCUT2D eigenvalue weighted by Crippen LogP contribution is -1.93. The number of ether oxygens (including phenoxy) is 3. The number of benzene rings is 1. The molecule has 0 saturated heterocycles. The molecule has 2 aromatic rings. The SMILES string of the molecule is Clc1nccc(Oc2ccc3c(c2)OCO3)n1. The van der Waals surface area contributed by atoms with E-state index >= 15 is 0 Å². The Labute approximate surface area is 102 Å². The molecule has 1 aromatic heterocycles. The molecule has 0 bridgehead atoms. The summed E-state index contributed by atoms with van der Waals surface area (Å²) in [6.07, 6.45) is 1.53. The largest absolute Gasteiger partial charge is 0.454 e. The molecule has 17 heavy (non-hydrogen) atoms. The number of halogens is 1. The van der Waals surface area contributed by atoms with Gasteiger partial charge in [-0.3, -0.25) is 0 Å². The van der Waals surface area contributed by atoms with Gasteiger partial charge in [0.25, 0.3) is 0 Å². The van der Waals surface area contributed by atoms with E-state index in [1.165, 1.54) is 6.20 Å². The molecule has 0 saturated carbocycles. The molecule has 0 radical (unpaired) electrons. The predicted octanol–water partition coefficient (Wildman–Crippen LogP) is 2.65. The molecule has 5 nitrogen and oxygen atoms in total. The Morgan fingerprint density at radius 1 is 1.18 bits per heavy atom. The first kappa shape index (κ1) is 10.2. The van der Waals surface area contributed by atoms with Crippen LogP contribution >= 0.6 is 11.6 Å². The van der Waals surface area contributed by atoms with Gasteiger partial charge < -0.3 is 14.2 Å². The van der Waals surface area contributed by atoms with Crippen molar-refractivity contribution in [3.8, 4) is 23.1 Å². The summed E-state index contributed by atoms with van der Waals surface area (Å²) in [6.45, 7) is 0.234. The number of nitrogens with zero attached hydrogens (tertiary/aromatic N) is 2. The second kappa shape index (κ2) is 4.10. The maximum atomic E-state index is 5.66. The number of aromatic nitrogens is 2. The van der Waals surface area contributed by atoms with E-state index in [1.807, 2.05) is 0 Å². The zero-order valence-electron chi connectivity index (χ0n) is 8.59. The molecule has 0 atom stereocenters. The molecule has 1 aromatic carbocycles. The van der Waals surface area contributed by atoms with Gasteiger partial charge >= 0.3 is 0 Å². The molecule has 0 aliphatic carbocycles. The minimum Gasteiger partial charge on any atom is -0.454 e. The summed E-state index contributed by atoms with van der Waals surface area (Å²) in [4.78, 5) is 7.69. The van der Waals surface area contributed by atoms with Crippen LogP contribution in [0.2, 0.25) is 5.28 Å². The highest BCUT2D eigenvalue weighted by Crippen LogP contribution is 2.36. The fourth-order valence-electron chi connectivity index (χ4n) is 1.44. The molecule has 1 aliphatic rings. The molecule has 0 N–H and O–H groups in total. The van der Waals surface area contributed by atoms with E-state index < -0.39 is 0 Å². The van der Waals surface area contributed by atoms with Crippen LogP contribution in [0.15, 0.2) is 30.5 Å². The molecule has 0 amide bonds. The van der Waals surface area contributed by atoms with Crippen LogP contribution in [0.4, 0.5) is 0 Å². The highest BCUT2D eigenvalue weighted by Gasteiger charge is 2.14. The van der Waals surface area contributed by atoms with Crippen molar-refractivity contribution in [3.05, 3.63) is 35.7 Å². The molecular formula is C11H7ClN2O3. The minimum absolute atomic E-state index is 0.142. The molecule has 1 aliphatic heterocycles. The van der Waals surface area contributed by atoms with Crippen molar-refractivity contribution < 1.29 is 14.2 Å². The van der Waals surface area contributed by atoms with Crippen LogP contribution in [0.1, 0.15) is 0 Å². The summed E-state index contributed by atoms with van der Waals surface area (Å²) >= 11 is 5.66. The maximum Gasteiger partial charge on any atom is 0.231 e.